The molecular formula is C5H9NO3. The van der Waals surface area contributed by atoms with Crippen LogP contribution in [0.5, 0.6) is 0 Å². The minimum absolute atomic E-state index is 0.329. The molecule has 0 saturated carbocycles. The number of carbonyl (C=O) groups is 2. The van der Waals surface area contributed by atoms with Gasteiger partial charge in [0.1, 0.15) is 13.5 Å². The van der Waals surface area contributed by atoms with Crippen molar-refractivity contribution in [1.82, 2.24) is 5.32 Å². The van der Waals surface area contributed by atoms with Crippen molar-refractivity contribution in [2.75, 3.05) is 6.73 Å². The van der Waals surface area contributed by atoms with Crippen LogP contribution < -0.4 is 5.32 Å². The number of amides is 1. The van der Waals surface area contributed by atoms with Crippen LogP contribution in [-0.4, -0.2) is 24.5 Å². The van der Waals surface area contributed by atoms with Gasteiger partial charge < -0.3 is 15.2 Å². The van der Waals surface area contributed by atoms with Crippen LogP contribution in [0.15, 0.2) is 12.7 Å². The Morgan fingerprint density at radius 1 is 1.67 bits per heavy atom. The van der Waals surface area contributed by atoms with E-state index < -0.39 is 0 Å². The second-order valence-corrected chi connectivity index (χ2v) is 0.903. The highest BCUT2D eigenvalue weighted by atomic mass is 16.3. The van der Waals surface area contributed by atoms with Gasteiger partial charge in [0, 0.05) is 0 Å². The highest BCUT2D eigenvalue weighted by molar-refractivity contribution is 5.86. The van der Waals surface area contributed by atoms with Crippen LogP contribution in [0.25, 0.3) is 0 Å². The molecule has 0 bridgehead atoms. The van der Waals surface area contributed by atoms with Gasteiger partial charge in [-0.2, -0.15) is 0 Å². The lowest BCUT2D eigenvalue weighted by molar-refractivity contribution is -0.117. The molecule has 0 atom stereocenters. The Labute approximate surface area is 53.2 Å². The number of hydrogen-bond acceptors (Lipinski definition) is 3. The Balaban J connectivity index is 0. The minimum atomic E-state index is -0.359. The summed E-state index contributed by atoms with van der Waals surface area (Å²) in [5, 5.41) is 10.1. The molecule has 0 fully saturated rings. The van der Waals surface area contributed by atoms with Gasteiger partial charge in [-0.15, -0.1) is 0 Å². The molecule has 0 heterocycles. The molecule has 0 radical (unpaired) electrons. The highest BCUT2D eigenvalue weighted by Gasteiger charge is 1.84. The predicted octanol–water partition coefficient (Wildman–Crippen LogP) is -0.947. The molecule has 4 heteroatoms. The minimum Gasteiger partial charge on any atom is -0.376 e. The van der Waals surface area contributed by atoms with Crippen molar-refractivity contribution < 1.29 is 14.7 Å². The van der Waals surface area contributed by atoms with Crippen LogP contribution in [0, 0.1) is 0 Å². The molecule has 0 saturated heterocycles. The summed E-state index contributed by atoms with van der Waals surface area (Å²) in [6, 6.07) is 0. The zero-order valence-corrected chi connectivity index (χ0v) is 4.96. The Morgan fingerprint density at radius 3 is 2.22 bits per heavy atom. The van der Waals surface area contributed by atoms with E-state index in [2.05, 4.69) is 11.9 Å². The van der Waals surface area contributed by atoms with E-state index in [9.17, 15) is 4.79 Å². The molecule has 0 aromatic carbocycles. The van der Waals surface area contributed by atoms with E-state index in [0.717, 1.165) is 6.08 Å². The number of rotatable bonds is 2. The average molecular weight is 131 g/mol. The third-order valence-corrected chi connectivity index (χ3v) is 0.439. The smallest absolute Gasteiger partial charge is 0.245 e. The van der Waals surface area contributed by atoms with Crippen molar-refractivity contribution in [1.29, 1.82) is 0 Å². The Hall–Kier alpha value is -1.16. The molecule has 2 N–H and O–H groups in total. The normalized spacial score (nSPS) is 6.33. The Kier molecular flexibility index (Phi) is 11.9. The third-order valence-electron chi connectivity index (χ3n) is 0.439. The molecule has 0 unspecified atom stereocenters. The fourth-order valence-electron chi connectivity index (χ4n) is 0.150. The number of aliphatic hydroxyl groups is 1. The summed E-state index contributed by atoms with van der Waals surface area (Å²) in [6.45, 7) is 4.83. The maximum atomic E-state index is 10.0. The highest BCUT2D eigenvalue weighted by Crippen LogP contribution is 1.59. The van der Waals surface area contributed by atoms with Gasteiger partial charge in [0.25, 0.3) is 0 Å². The summed E-state index contributed by atoms with van der Waals surface area (Å²) in [7, 11) is 0. The fourth-order valence-corrected chi connectivity index (χ4v) is 0.150. The van der Waals surface area contributed by atoms with Crippen molar-refractivity contribution in [2.45, 2.75) is 0 Å². The molecule has 9 heavy (non-hydrogen) atoms. The molecular weight excluding hydrogens is 122 g/mol. The number of aliphatic hydroxyl groups excluding tert-OH is 1. The zero-order chi connectivity index (χ0) is 7.70. The number of nitrogens with one attached hydrogen (secondary N) is 1. The van der Waals surface area contributed by atoms with Crippen LogP contribution in [0.3, 0.4) is 0 Å². The lowest BCUT2D eigenvalue weighted by Crippen LogP contribution is -2.20. The molecule has 0 spiro atoms. The van der Waals surface area contributed by atoms with Crippen LogP contribution in [0.4, 0.5) is 0 Å². The monoisotopic (exact) mass is 131 g/mol. The lowest BCUT2D eigenvalue weighted by Gasteiger charge is -1.89. The van der Waals surface area contributed by atoms with Gasteiger partial charge in [-0.1, -0.05) is 6.58 Å². The second-order valence-electron chi connectivity index (χ2n) is 0.903. The summed E-state index contributed by atoms with van der Waals surface area (Å²) in [6.07, 6.45) is 1.09. The summed E-state index contributed by atoms with van der Waals surface area (Å²) in [4.78, 5) is 18.0. The molecule has 0 aliphatic heterocycles. The van der Waals surface area contributed by atoms with E-state index in [4.69, 9.17) is 9.90 Å². The molecule has 0 aliphatic rings. The van der Waals surface area contributed by atoms with E-state index in [1.165, 1.54) is 0 Å². The van der Waals surface area contributed by atoms with Crippen LogP contribution in [0.2, 0.25) is 0 Å². The summed E-state index contributed by atoms with van der Waals surface area (Å²) in [5.41, 5.74) is 0. The van der Waals surface area contributed by atoms with Gasteiger partial charge in [0.2, 0.25) is 5.91 Å². The van der Waals surface area contributed by atoms with Gasteiger partial charge >= 0.3 is 0 Å². The summed E-state index contributed by atoms with van der Waals surface area (Å²) in [5.74, 6) is -0.359. The Morgan fingerprint density at radius 2 is 2.11 bits per heavy atom. The standard InChI is InChI=1S/C4H7NO2.CH2O/c1-2-4(7)5-3-6;1-2/h2,6H,1,3H2,(H,5,7);1H2. The second kappa shape index (κ2) is 9.96. The van der Waals surface area contributed by atoms with Crippen molar-refractivity contribution in [3.05, 3.63) is 12.7 Å². The first kappa shape index (κ1) is 10.8. The maximum absolute atomic E-state index is 10.0. The predicted molar refractivity (Wildman–Crippen MR) is 32.5 cm³/mol. The van der Waals surface area contributed by atoms with Crippen molar-refractivity contribution in [3.8, 4) is 0 Å². The first-order chi connectivity index (χ1) is 4.31. The van der Waals surface area contributed by atoms with Gasteiger partial charge in [-0.3, -0.25) is 4.79 Å². The summed E-state index contributed by atoms with van der Waals surface area (Å²) >= 11 is 0. The molecule has 0 aromatic heterocycles. The van der Waals surface area contributed by atoms with Gasteiger partial charge in [0.15, 0.2) is 0 Å². The first-order valence-electron chi connectivity index (χ1n) is 2.11. The molecule has 0 rings (SSSR count). The van der Waals surface area contributed by atoms with Crippen LogP contribution in [-0.2, 0) is 9.59 Å². The largest absolute Gasteiger partial charge is 0.376 e. The van der Waals surface area contributed by atoms with E-state index >= 15 is 0 Å². The van der Waals surface area contributed by atoms with E-state index in [0.29, 0.717) is 0 Å². The molecule has 4 nitrogen and oxygen atoms in total. The van der Waals surface area contributed by atoms with E-state index in [1.807, 2.05) is 6.79 Å². The first-order valence-corrected chi connectivity index (χ1v) is 2.11. The quantitative estimate of drug-likeness (QED) is 0.375. The molecule has 0 aromatic rings. The van der Waals surface area contributed by atoms with Crippen molar-refractivity contribution in [2.24, 2.45) is 0 Å². The number of hydrogen-bond donors (Lipinski definition) is 2. The van der Waals surface area contributed by atoms with Crippen molar-refractivity contribution >= 4 is 12.7 Å². The Bertz CT molecular complexity index is 92.2. The molecule has 52 valence electrons. The topological polar surface area (TPSA) is 66.4 Å². The van der Waals surface area contributed by atoms with Gasteiger partial charge in [0.05, 0.1) is 0 Å². The van der Waals surface area contributed by atoms with Gasteiger partial charge in [-0.05, 0) is 6.08 Å². The number of carbonyl (C=O) groups excluding carboxylic acids is 2. The van der Waals surface area contributed by atoms with E-state index in [1.54, 1.807) is 0 Å². The van der Waals surface area contributed by atoms with E-state index in [-0.39, 0.29) is 12.6 Å². The maximum Gasteiger partial charge on any atom is 0.245 e. The molecule has 1 amide bonds. The van der Waals surface area contributed by atoms with Crippen LogP contribution >= 0.6 is 0 Å². The third kappa shape index (κ3) is 10.9. The lowest BCUT2D eigenvalue weighted by atomic mass is 10.6. The molecule has 0 aliphatic carbocycles. The van der Waals surface area contributed by atoms with Crippen molar-refractivity contribution in [3.63, 3.8) is 0 Å². The van der Waals surface area contributed by atoms with Gasteiger partial charge in [-0.25, -0.2) is 0 Å². The zero-order valence-electron chi connectivity index (χ0n) is 4.96. The fraction of sp³-hybridized carbons (Fsp3) is 0.200. The SMILES string of the molecule is C=CC(=O)NCO.C=O. The van der Waals surface area contributed by atoms with Crippen LogP contribution in [0.1, 0.15) is 0 Å². The average Bonchev–Trinajstić information content (AvgIpc) is 1.93. The summed E-state index contributed by atoms with van der Waals surface area (Å²) < 4.78 is 0.